The minimum atomic E-state index is -4.37. The zero-order valence-corrected chi connectivity index (χ0v) is 12.4. The summed E-state index contributed by atoms with van der Waals surface area (Å²) in [6.07, 6.45) is -1.24. The fourth-order valence-corrected chi connectivity index (χ4v) is 3.54. The molecular formula is C13H19F3N2OS. The van der Waals surface area contributed by atoms with Gasteiger partial charge in [-0.1, -0.05) is 6.92 Å². The molecule has 20 heavy (non-hydrogen) atoms. The molecule has 2 atom stereocenters. The van der Waals surface area contributed by atoms with Gasteiger partial charge in [0.1, 0.15) is 0 Å². The molecule has 2 unspecified atom stereocenters. The Morgan fingerprint density at radius 3 is 2.70 bits per heavy atom. The van der Waals surface area contributed by atoms with Crippen LogP contribution in [0, 0.1) is 5.92 Å². The second-order valence-corrected chi connectivity index (χ2v) is 6.11. The van der Waals surface area contributed by atoms with Crippen LogP contribution in [0.3, 0.4) is 0 Å². The van der Waals surface area contributed by atoms with Crippen LogP contribution in [0.4, 0.5) is 18.3 Å². The molecule has 0 radical (unpaired) electrons. The highest BCUT2D eigenvalue weighted by Gasteiger charge is 2.35. The van der Waals surface area contributed by atoms with Crippen LogP contribution in [0.1, 0.15) is 31.9 Å². The van der Waals surface area contributed by atoms with Crippen molar-refractivity contribution in [1.29, 1.82) is 0 Å². The molecule has 1 aliphatic rings. The van der Waals surface area contributed by atoms with Crippen LogP contribution >= 0.6 is 11.3 Å². The van der Waals surface area contributed by atoms with E-state index in [1.807, 2.05) is 4.90 Å². The number of hydrogen-bond acceptors (Lipinski definition) is 4. The van der Waals surface area contributed by atoms with Gasteiger partial charge in [-0.15, -0.1) is 11.3 Å². The number of hydrogen-bond donors (Lipinski definition) is 0. The molecule has 1 saturated carbocycles. The van der Waals surface area contributed by atoms with Crippen LogP contribution in [-0.2, 0) is 10.9 Å². The van der Waals surface area contributed by atoms with Crippen LogP contribution in [0.5, 0.6) is 0 Å². The Morgan fingerprint density at radius 1 is 1.45 bits per heavy atom. The maximum Gasteiger partial charge on any atom is 0.434 e. The van der Waals surface area contributed by atoms with Crippen molar-refractivity contribution in [2.24, 2.45) is 5.92 Å². The van der Waals surface area contributed by atoms with Gasteiger partial charge in [0.15, 0.2) is 10.8 Å². The molecular weight excluding hydrogens is 289 g/mol. The van der Waals surface area contributed by atoms with E-state index in [0.717, 1.165) is 36.0 Å². The third-order valence-electron chi connectivity index (χ3n) is 3.67. The van der Waals surface area contributed by atoms with E-state index >= 15 is 0 Å². The number of ether oxygens (including phenoxy) is 1. The summed E-state index contributed by atoms with van der Waals surface area (Å²) < 4.78 is 43.0. The number of aromatic nitrogens is 1. The monoisotopic (exact) mass is 308 g/mol. The smallest absolute Gasteiger partial charge is 0.383 e. The molecule has 7 heteroatoms. The summed E-state index contributed by atoms with van der Waals surface area (Å²) in [5.74, 6) is 0.618. The van der Waals surface area contributed by atoms with Gasteiger partial charge in [-0.05, 0) is 25.2 Å². The second-order valence-electron chi connectivity index (χ2n) is 5.27. The van der Waals surface area contributed by atoms with Crippen molar-refractivity contribution in [3.05, 3.63) is 11.1 Å². The van der Waals surface area contributed by atoms with Crippen LogP contribution in [0.2, 0.25) is 0 Å². The van der Waals surface area contributed by atoms with Gasteiger partial charge in [-0.2, -0.15) is 13.2 Å². The minimum absolute atomic E-state index is 0.271. The molecule has 2 rings (SSSR count). The normalized spacial score (nSPS) is 23.2. The van der Waals surface area contributed by atoms with Crippen LogP contribution in [-0.4, -0.2) is 31.3 Å². The van der Waals surface area contributed by atoms with Crippen molar-refractivity contribution in [3.8, 4) is 0 Å². The number of halogens is 3. The Kier molecular flexibility index (Phi) is 4.90. The van der Waals surface area contributed by atoms with E-state index in [0.29, 0.717) is 24.2 Å². The SMILES string of the molecule is COCCN(c1nc(C(F)(F)F)cs1)C1CCC(C)C1. The van der Waals surface area contributed by atoms with Gasteiger partial charge < -0.3 is 9.64 Å². The number of nitrogens with zero attached hydrogens (tertiary/aromatic N) is 2. The summed E-state index contributed by atoms with van der Waals surface area (Å²) in [6.45, 7) is 3.25. The number of methoxy groups -OCH3 is 1. The highest BCUT2D eigenvalue weighted by atomic mass is 32.1. The number of rotatable bonds is 5. The number of anilines is 1. The average molecular weight is 308 g/mol. The summed E-state index contributed by atoms with van der Waals surface area (Å²) in [5, 5.41) is 1.54. The third kappa shape index (κ3) is 3.63. The highest BCUT2D eigenvalue weighted by molar-refractivity contribution is 7.13. The molecule has 0 aliphatic heterocycles. The molecule has 1 fully saturated rings. The van der Waals surface area contributed by atoms with Crippen molar-refractivity contribution in [2.45, 2.75) is 38.4 Å². The van der Waals surface area contributed by atoms with Gasteiger partial charge in [0.2, 0.25) is 0 Å². The van der Waals surface area contributed by atoms with Crippen molar-refractivity contribution < 1.29 is 17.9 Å². The third-order valence-corrected chi connectivity index (χ3v) is 4.55. The Labute approximate surface area is 120 Å². The van der Waals surface area contributed by atoms with Gasteiger partial charge in [-0.3, -0.25) is 0 Å². The highest BCUT2D eigenvalue weighted by Crippen LogP contribution is 2.36. The fourth-order valence-electron chi connectivity index (χ4n) is 2.61. The second kappa shape index (κ2) is 6.30. The average Bonchev–Trinajstić information content (AvgIpc) is 2.99. The van der Waals surface area contributed by atoms with E-state index in [1.54, 1.807) is 7.11 Å². The minimum Gasteiger partial charge on any atom is -0.383 e. The Balaban J connectivity index is 2.15. The van der Waals surface area contributed by atoms with Crippen molar-refractivity contribution in [2.75, 3.05) is 25.2 Å². The van der Waals surface area contributed by atoms with E-state index in [-0.39, 0.29) is 6.04 Å². The lowest BCUT2D eigenvalue weighted by Crippen LogP contribution is -2.36. The predicted molar refractivity (Wildman–Crippen MR) is 73.1 cm³/mol. The van der Waals surface area contributed by atoms with Gasteiger partial charge in [-0.25, -0.2) is 4.98 Å². The Morgan fingerprint density at radius 2 is 2.20 bits per heavy atom. The molecule has 0 spiro atoms. The van der Waals surface area contributed by atoms with Crippen LogP contribution in [0.15, 0.2) is 5.38 Å². The lowest BCUT2D eigenvalue weighted by molar-refractivity contribution is -0.140. The summed E-state index contributed by atoms with van der Waals surface area (Å²) in [7, 11) is 1.60. The molecule has 0 aromatic carbocycles. The van der Waals surface area contributed by atoms with Crippen molar-refractivity contribution in [1.82, 2.24) is 4.98 Å². The molecule has 0 bridgehead atoms. The zero-order chi connectivity index (χ0) is 14.8. The first-order valence-corrected chi connectivity index (χ1v) is 7.58. The largest absolute Gasteiger partial charge is 0.434 e. The van der Waals surface area contributed by atoms with Gasteiger partial charge in [0, 0.05) is 25.1 Å². The molecule has 114 valence electrons. The summed E-state index contributed by atoms with van der Waals surface area (Å²) >= 11 is 1.06. The summed E-state index contributed by atoms with van der Waals surface area (Å²) in [4.78, 5) is 5.75. The van der Waals surface area contributed by atoms with Gasteiger partial charge >= 0.3 is 6.18 Å². The molecule has 3 nitrogen and oxygen atoms in total. The summed E-state index contributed by atoms with van der Waals surface area (Å²) in [6, 6.07) is 0.271. The molecule has 1 aromatic rings. The van der Waals surface area contributed by atoms with E-state index in [2.05, 4.69) is 11.9 Å². The van der Waals surface area contributed by atoms with E-state index in [9.17, 15) is 13.2 Å². The molecule has 1 aliphatic carbocycles. The molecule has 1 aromatic heterocycles. The first kappa shape index (κ1) is 15.6. The molecule has 0 amide bonds. The maximum absolute atomic E-state index is 12.7. The Bertz CT molecular complexity index is 435. The van der Waals surface area contributed by atoms with Gasteiger partial charge in [0.25, 0.3) is 0 Å². The van der Waals surface area contributed by atoms with Crippen molar-refractivity contribution >= 4 is 16.5 Å². The summed E-state index contributed by atoms with van der Waals surface area (Å²) in [5.41, 5.74) is -0.800. The fraction of sp³-hybridized carbons (Fsp3) is 0.769. The number of alkyl halides is 3. The maximum atomic E-state index is 12.7. The standard InChI is InChI=1S/C13H19F3N2OS/c1-9-3-4-10(7-9)18(5-6-19-2)12-17-11(8-20-12)13(14,15)16/h8-10H,3-7H2,1-2H3. The van der Waals surface area contributed by atoms with Crippen LogP contribution in [0.25, 0.3) is 0 Å². The Hall–Kier alpha value is -0.820. The van der Waals surface area contributed by atoms with Crippen molar-refractivity contribution in [3.63, 3.8) is 0 Å². The molecule has 1 heterocycles. The molecule has 0 saturated heterocycles. The van der Waals surface area contributed by atoms with E-state index in [1.165, 1.54) is 0 Å². The zero-order valence-electron chi connectivity index (χ0n) is 11.6. The lowest BCUT2D eigenvalue weighted by Gasteiger charge is -2.28. The van der Waals surface area contributed by atoms with Crippen LogP contribution < -0.4 is 4.90 Å². The quantitative estimate of drug-likeness (QED) is 0.827. The van der Waals surface area contributed by atoms with E-state index < -0.39 is 11.9 Å². The first-order chi connectivity index (χ1) is 9.41. The predicted octanol–water partition coefficient (Wildman–Crippen LogP) is 3.80. The van der Waals surface area contributed by atoms with Gasteiger partial charge in [0.05, 0.1) is 6.61 Å². The molecule has 0 N–H and O–H groups in total. The van der Waals surface area contributed by atoms with E-state index in [4.69, 9.17) is 4.74 Å². The lowest BCUT2D eigenvalue weighted by atomic mass is 10.1. The number of thiazole rings is 1. The first-order valence-electron chi connectivity index (χ1n) is 6.70. The topological polar surface area (TPSA) is 25.4 Å².